The predicted octanol–water partition coefficient (Wildman–Crippen LogP) is 2.32. The van der Waals surface area contributed by atoms with Gasteiger partial charge in [0.1, 0.15) is 5.78 Å². The third-order valence-electron chi connectivity index (χ3n) is 5.62. The maximum Gasteiger partial charge on any atom is 0.356 e. The molecule has 0 spiro atoms. The van der Waals surface area contributed by atoms with Crippen molar-refractivity contribution in [1.82, 2.24) is 16.0 Å². The van der Waals surface area contributed by atoms with Gasteiger partial charge in [-0.1, -0.05) is 69.8 Å². The highest BCUT2D eigenvalue weighted by Crippen LogP contribution is 2.16. The van der Waals surface area contributed by atoms with Crippen molar-refractivity contribution in [2.75, 3.05) is 20.4 Å². The molecule has 0 aromatic heterocycles. The van der Waals surface area contributed by atoms with E-state index in [-0.39, 0.29) is 56.7 Å². The molecule has 1 fully saturated rings. The van der Waals surface area contributed by atoms with Crippen LogP contribution >= 0.6 is 0 Å². The number of hydrogen-bond acceptors (Lipinski definition) is 18. The van der Waals surface area contributed by atoms with E-state index in [1.807, 2.05) is 34.6 Å². The van der Waals surface area contributed by atoms with Crippen molar-refractivity contribution in [2.45, 2.75) is 86.5 Å². The van der Waals surface area contributed by atoms with E-state index in [1.165, 1.54) is 6.92 Å². The minimum absolute atomic E-state index is 0.0104. The van der Waals surface area contributed by atoms with Gasteiger partial charge in [-0.05, 0) is 51.2 Å². The van der Waals surface area contributed by atoms with E-state index in [4.69, 9.17) is 9.68 Å². The fourth-order valence-corrected chi connectivity index (χ4v) is 2.72. The van der Waals surface area contributed by atoms with E-state index >= 15 is 0 Å². The molecule has 1 rings (SSSR count). The Bertz CT molecular complexity index is 1250. The monoisotopic (exact) mass is 802 g/mol. The first-order valence-corrected chi connectivity index (χ1v) is 17.0. The number of hydroxylamine groups is 4. The number of oxime groups is 3. The molecule has 2 atom stereocenters. The first kappa shape index (κ1) is 56.9. The topological polar surface area (TPSA) is 301 Å². The summed E-state index contributed by atoms with van der Waals surface area (Å²) in [4.78, 5) is 107. The van der Waals surface area contributed by atoms with Gasteiger partial charge in [-0.15, -0.1) is 5.06 Å². The lowest BCUT2D eigenvalue weighted by Crippen LogP contribution is -2.32. The van der Waals surface area contributed by atoms with Crippen molar-refractivity contribution in [3.05, 3.63) is 38.0 Å². The highest BCUT2D eigenvalue weighted by molar-refractivity contribution is 6.02. The highest BCUT2D eigenvalue weighted by atomic mass is 16.8. The molecule has 1 heterocycles. The van der Waals surface area contributed by atoms with Crippen molar-refractivity contribution in [1.29, 1.82) is 0 Å². The normalized spacial score (nSPS) is 12.4. The van der Waals surface area contributed by atoms with Crippen LogP contribution in [0.3, 0.4) is 0 Å². The van der Waals surface area contributed by atoms with Gasteiger partial charge in [0, 0.05) is 49.4 Å². The Morgan fingerprint density at radius 1 is 0.786 bits per heavy atom. The van der Waals surface area contributed by atoms with Crippen LogP contribution in [0.5, 0.6) is 0 Å². The molecule has 0 aliphatic carbocycles. The van der Waals surface area contributed by atoms with Gasteiger partial charge in [-0.3, -0.25) is 33.6 Å². The number of nitrogens with two attached hydrogens (primary N) is 2. The van der Waals surface area contributed by atoms with Crippen LogP contribution in [0.4, 0.5) is 0 Å². The highest BCUT2D eigenvalue weighted by Gasteiger charge is 2.32. The Morgan fingerprint density at radius 2 is 1.23 bits per heavy atom. The summed E-state index contributed by atoms with van der Waals surface area (Å²) in [6.07, 6.45) is 11.6. The molecule has 56 heavy (non-hydrogen) atoms. The fraction of sp³-hybridized carbons (Fsp3) is 0.529. The number of carbonyl (C=O) groups is 7. The van der Waals surface area contributed by atoms with E-state index < -0.39 is 29.6 Å². The zero-order valence-corrected chi connectivity index (χ0v) is 33.0. The smallest absolute Gasteiger partial charge is 0.356 e. The Hall–Kier alpha value is -5.84. The van der Waals surface area contributed by atoms with Crippen molar-refractivity contribution in [2.24, 2.45) is 38.9 Å². The van der Waals surface area contributed by atoms with Crippen LogP contribution in [0.25, 0.3) is 0 Å². The average Bonchev–Trinajstić information content (AvgIpc) is 3.50. The second kappa shape index (κ2) is 41.9. The lowest BCUT2D eigenvalue weighted by molar-refractivity contribution is -0.193. The van der Waals surface area contributed by atoms with Gasteiger partial charge in [0.25, 0.3) is 17.7 Å². The zero-order chi connectivity index (χ0) is 43.6. The minimum atomic E-state index is -0.807. The zero-order valence-electron chi connectivity index (χ0n) is 33.0. The molecule has 22 heteroatoms. The second-order valence-corrected chi connectivity index (χ2v) is 10.1. The summed E-state index contributed by atoms with van der Waals surface area (Å²) < 4.78 is 0. The first-order valence-electron chi connectivity index (χ1n) is 17.0. The molecule has 0 radical (unpaired) electrons. The summed E-state index contributed by atoms with van der Waals surface area (Å²) >= 11 is 0. The lowest BCUT2D eigenvalue weighted by Gasteiger charge is -2.17. The summed E-state index contributed by atoms with van der Waals surface area (Å²) in [5.74, 6) is 1.41. The van der Waals surface area contributed by atoms with Crippen LogP contribution in [0.1, 0.15) is 86.5 Å². The maximum absolute atomic E-state index is 11.8. The van der Waals surface area contributed by atoms with Gasteiger partial charge in [0.15, 0.2) is 0 Å². The van der Waals surface area contributed by atoms with E-state index in [9.17, 15) is 33.6 Å². The Morgan fingerprint density at radius 3 is 1.59 bits per heavy atom. The fourth-order valence-electron chi connectivity index (χ4n) is 2.72. The third kappa shape index (κ3) is 39.4. The van der Waals surface area contributed by atoms with E-state index in [2.05, 4.69) is 82.0 Å². The molecule has 1 aliphatic heterocycles. The van der Waals surface area contributed by atoms with Gasteiger partial charge in [0.05, 0.1) is 0 Å². The van der Waals surface area contributed by atoms with Crippen LogP contribution in [-0.2, 0) is 67.4 Å². The summed E-state index contributed by atoms with van der Waals surface area (Å²) in [5, 5.41) is 11.0. The van der Waals surface area contributed by atoms with Gasteiger partial charge in [-0.2, -0.15) is 0 Å². The van der Waals surface area contributed by atoms with Crippen molar-refractivity contribution in [3.8, 4) is 0 Å². The number of Topliss-reactive ketones (excluding diaryl/α,β-unsaturated/α-hetero) is 1. The molecular weight excluding hydrogens is 744 g/mol. The Kier molecular flexibility index (Phi) is 42.6. The van der Waals surface area contributed by atoms with E-state index in [1.54, 1.807) is 18.6 Å². The third-order valence-corrected chi connectivity index (χ3v) is 5.62. The average molecular weight is 803 g/mol. The number of carbonyl (C=O) groups excluding carboxylic acids is 7. The van der Waals surface area contributed by atoms with Crippen molar-refractivity contribution in [3.63, 3.8) is 0 Å². The Labute approximate surface area is 327 Å². The minimum Gasteiger partial charge on any atom is -0.366 e. The molecule has 22 nitrogen and oxygen atoms in total. The first-order chi connectivity index (χ1) is 26.7. The van der Waals surface area contributed by atoms with Crippen molar-refractivity contribution >= 4 is 59.9 Å². The standard InChI is InChI=1S/C13H24N2O4.C7H12N2O3.C7H7NO4.C4H10N2O2.C3H5NO/c1-5-7-14-18-9-19-15-13(17)12(6-2)8-10(3)11(4)16;1-3-5-8-11-6-12-9-7(10)4-2;1-2-7(11)12-8-5(9)3-4-6(8)10;1-2-3-6-8-4-7-5;1-2-3(4)5/h7,10,12H,5-6,8-9H2,1-4H3,(H,15,17);4-5H,2-3,6H2,1H3,(H,9,10);2H,1,3-4H2;3H,2,4-5H2,1H3;2H,1H2,(H2,4,5)/b14-7+;8-5+;;6-3+;. The number of amides is 5. The molecule has 318 valence electrons. The van der Waals surface area contributed by atoms with Crippen LogP contribution in [0.15, 0.2) is 53.4 Å². The van der Waals surface area contributed by atoms with Gasteiger partial charge in [0.2, 0.25) is 32.2 Å². The van der Waals surface area contributed by atoms with Gasteiger partial charge in [-0.25, -0.2) is 31.3 Å². The van der Waals surface area contributed by atoms with Gasteiger partial charge < -0.3 is 25.1 Å². The molecule has 1 aliphatic rings. The molecule has 0 bridgehead atoms. The molecule has 0 aromatic rings. The predicted molar refractivity (Wildman–Crippen MR) is 203 cm³/mol. The molecule has 6 N–H and O–H groups in total. The molecule has 2 unspecified atom stereocenters. The summed E-state index contributed by atoms with van der Waals surface area (Å²) in [6.45, 7) is 20.3. The number of imide groups is 1. The quantitative estimate of drug-likeness (QED) is 0.0288. The number of hydrogen-bond donors (Lipinski definition) is 4. The van der Waals surface area contributed by atoms with Crippen LogP contribution in [0.2, 0.25) is 0 Å². The molecule has 1 saturated heterocycles. The molecular formula is C34H58N8O14. The number of nitrogens with zero attached hydrogens (tertiary/aromatic N) is 4. The SMILES string of the molecule is C=CC(=O)NOCO/N=C/CC.C=CC(=O)ON1C(=O)CCC1=O.C=CC(N)=O.CC/C=N/OCON.CC/C=N/OCONC(=O)C(CC)CC(C)C(C)=O. The second-order valence-electron chi connectivity index (χ2n) is 10.1. The maximum atomic E-state index is 11.8. The van der Waals surface area contributed by atoms with Crippen molar-refractivity contribution < 1.29 is 67.4 Å². The summed E-state index contributed by atoms with van der Waals surface area (Å²) in [7, 11) is 0. The number of nitrogens with one attached hydrogen (secondary N) is 2. The van der Waals surface area contributed by atoms with Crippen LogP contribution in [0, 0.1) is 11.8 Å². The van der Waals surface area contributed by atoms with Crippen LogP contribution in [-0.4, -0.2) is 85.4 Å². The largest absolute Gasteiger partial charge is 0.366 e. The van der Waals surface area contributed by atoms with Gasteiger partial charge >= 0.3 is 5.97 Å². The van der Waals surface area contributed by atoms with E-state index in [0.29, 0.717) is 17.9 Å². The van der Waals surface area contributed by atoms with Crippen LogP contribution < -0.4 is 22.6 Å². The summed E-state index contributed by atoms with van der Waals surface area (Å²) in [5.41, 5.74) is 8.89. The molecule has 5 amide bonds. The number of ketones is 1. The molecule has 0 saturated carbocycles. The summed E-state index contributed by atoms with van der Waals surface area (Å²) in [6, 6.07) is 0. The number of primary amides is 1. The lowest BCUT2D eigenvalue weighted by atomic mass is 9.91. The number of rotatable bonds is 23. The molecule has 0 aromatic carbocycles. The van der Waals surface area contributed by atoms with E-state index in [0.717, 1.165) is 37.5 Å². The Balaban J connectivity index is -0.000000321.